The third kappa shape index (κ3) is 4.19. The topological polar surface area (TPSA) is 29.5 Å². The minimum atomic E-state index is -0.237. The Hall–Kier alpha value is -1.09. The van der Waals surface area contributed by atoms with Crippen LogP contribution in [0.15, 0.2) is 18.2 Å². The second kappa shape index (κ2) is 6.48. The zero-order chi connectivity index (χ0) is 12.0. The van der Waals surface area contributed by atoms with Gasteiger partial charge in [-0.3, -0.25) is 0 Å². The van der Waals surface area contributed by atoms with E-state index in [1.807, 2.05) is 6.92 Å². The molecule has 0 fully saturated rings. The Kier molecular flexibility index (Phi) is 5.26. The Bertz CT molecular complexity index is 326. The van der Waals surface area contributed by atoms with Gasteiger partial charge in [-0.1, -0.05) is 6.92 Å². The Morgan fingerprint density at radius 3 is 2.81 bits per heavy atom. The van der Waals surface area contributed by atoms with E-state index in [1.54, 1.807) is 19.1 Å². The van der Waals surface area contributed by atoms with Crippen molar-refractivity contribution in [2.75, 3.05) is 6.61 Å². The lowest BCUT2D eigenvalue weighted by molar-refractivity contribution is 0.148. The van der Waals surface area contributed by atoms with E-state index >= 15 is 0 Å². The van der Waals surface area contributed by atoms with E-state index in [9.17, 15) is 9.50 Å². The van der Waals surface area contributed by atoms with Crippen LogP contribution in [0.1, 0.15) is 31.7 Å². The van der Waals surface area contributed by atoms with E-state index in [0.29, 0.717) is 17.9 Å². The minimum Gasteiger partial charge on any atom is -0.494 e. The van der Waals surface area contributed by atoms with Crippen LogP contribution in [0.3, 0.4) is 0 Å². The van der Waals surface area contributed by atoms with Gasteiger partial charge in [-0.2, -0.15) is 0 Å². The number of hydrogen-bond acceptors (Lipinski definition) is 2. The van der Waals surface area contributed by atoms with Gasteiger partial charge in [0.1, 0.15) is 11.6 Å². The maximum absolute atomic E-state index is 13.0. The molecule has 0 saturated carbocycles. The Labute approximate surface area is 96.1 Å². The lowest BCUT2D eigenvalue weighted by Crippen LogP contribution is -2.07. The van der Waals surface area contributed by atoms with Gasteiger partial charge in [0.05, 0.1) is 12.7 Å². The number of rotatable bonds is 6. The third-order valence-electron chi connectivity index (χ3n) is 2.55. The highest BCUT2D eigenvalue weighted by Gasteiger charge is 2.02. The normalized spacial score (nSPS) is 12.5. The second-order valence-corrected chi connectivity index (χ2v) is 3.96. The molecule has 1 rings (SSSR count). The third-order valence-corrected chi connectivity index (χ3v) is 2.55. The molecule has 1 N–H and O–H groups in total. The first-order valence-corrected chi connectivity index (χ1v) is 5.70. The number of hydrogen-bond donors (Lipinski definition) is 1. The fourth-order valence-corrected chi connectivity index (χ4v) is 1.42. The summed E-state index contributed by atoms with van der Waals surface area (Å²) >= 11 is 0. The summed E-state index contributed by atoms with van der Waals surface area (Å²) in [6.07, 6.45) is 2.09. The number of aryl methyl sites for hydroxylation is 1. The van der Waals surface area contributed by atoms with Gasteiger partial charge in [-0.15, -0.1) is 0 Å². The first-order valence-electron chi connectivity index (χ1n) is 5.70. The van der Waals surface area contributed by atoms with Crippen LogP contribution in [0.25, 0.3) is 0 Å². The van der Waals surface area contributed by atoms with Gasteiger partial charge in [0.15, 0.2) is 0 Å². The summed E-state index contributed by atoms with van der Waals surface area (Å²) in [6.45, 7) is 4.22. The number of aliphatic hydroxyl groups excluding tert-OH is 1. The molecule has 1 aromatic carbocycles. The van der Waals surface area contributed by atoms with E-state index < -0.39 is 0 Å². The van der Waals surface area contributed by atoms with Crippen molar-refractivity contribution >= 4 is 0 Å². The van der Waals surface area contributed by atoms with Crippen LogP contribution in [-0.4, -0.2) is 17.8 Å². The monoisotopic (exact) mass is 226 g/mol. The van der Waals surface area contributed by atoms with Crippen molar-refractivity contribution in [3.05, 3.63) is 29.6 Å². The van der Waals surface area contributed by atoms with Gasteiger partial charge < -0.3 is 9.84 Å². The van der Waals surface area contributed by atoms with Gasteiger partial charge in [0.2, 0.25) is 0 Å². The summed E-state index contributed by atoms with van der Waals surface area (Å²) in [5.74, 6) is 0.471. The predicted molar refractivity (Wildman–Crippen MR) is 62.2 cm³/mol. The van der Waals surface area contributed by atoms with Crippen molar-refractivity contribution in [3.8, 4) is 5.75 Å². The Morgan fingerprint density at radius 2 is 2.19 bits per heavy atom. The SMILES string of the molecule is CCC(O)CCCOc1ccc(F)c(C)c1. The number of halogens is 1. The molecule has 0 spiro atoms. The van der Waals surface area contributed by atoms with Gasteiger partial charge in [0.25, 0.3) is 0 Å². The molecule has 90 valence electrons. The van der Waals surface area contributed by atoms with E-state index in [-0.39, 0.29) is 11.9 Å². The van der Waals surface area contributed by atoms with E-state index in [2.05, 4.69) is 0 Å². The van der Waals surface area contributed by atoms with Gasteiger partial charge in [-0.25, -0.2) is 4.39 Å². The van der Waals surface area contributed by atoms with Crippen LogP contribution in [-0.2, 0) is 0 Å². The van der Waals surface area contributed by atoms with Crippen molar-refractivity contribution in [1.82, 2.24) is 0 Å². The van der Waals surface area contributed by atoms with E-state index in [4.69, 9.17) is 4.74 Å². The van der Waals surface area contributed by atoms with Crippen molar-refractivity contribution in [2.45, 2.75) is 39.2 Å². The highest BCUT2D eigenvalue weighted by atomic mass is 19.1. The molecule has 3 heteroatoms. The van der Waals surface area contributed by atoms with Gasteiger partial charge in [-0.05, 0) is 49.9 Å². The number of ether oxygens (including phenoxy) is 1. The summed E-state index contributed by atoms with van der Waals surface area (Å²) in [4.78, 5) is 0. The molecule has 1 atom stereocenters. The average Bonchev–Trinajstić information content (AvgIpc) is 2.28. The van der Waals surface area contributed by atoms with Crippen LogP contribution in [0, 0.1) is 12.7 Å². The van der Waals surface area contributed by atoms with Crippen LogP contribution in [0.4, 0.5) is 4.39 Å². The average molecular weight is 226 g/mol. The summed E-state index contributed by atoms with van der Waals surface area (Å²) in [7, 11) is 0. The fraction of sp³-hybridized carbons (Fsp3) is 0.538. The first kappa shape index (κ1) is 13.0. The molecule has 2 nitrogen and oxygen atoms in total. The molecule has 0 bridgehead atoms. The largest absolute Gasteiger partial charge is 0.494 e. The Morgan fingerprint density at radius 1 is 1.44 bits per heavy atom. The molecule has 0 saturated heterocycles. The van der Waals surface area contributed by atoms with Crippen molar-refractivity contribution in [3.63, 3.8) is 0 Å². The maximum Gasteiger partial charge on any atom is 0.126 e. The highest BCUT2D eigenvalue weighted by molar-refractivity contribution is 5.28. The van der Waals surface area contributed by atoms with Gasteiger partial charge >= 0.3 is 0 Å². The molecular formula is C13H19FO2. The molecule has 1 unspecified atom stereocenters. The lowest BCUT2D eigenvalue weighted by atomic mass is 10.1. The molecule has 16 heavy (non-hydrogen) atoms. The first-order chi connectivity index (χ1) is 7.63. The van der Waals surface area contributed by atoms with Crippen LogP contribution >= 0.6 is 0 Å². The zero-order valence-corrected chi connectivity index (χ0v) is 9.87. The minimum absolute atomic E-state index is 0.214. The lowest BCUT2D eigenvalue weighted by Gasteiger charge is -2.09. The van der Waals surface area contributed by atoms with Crippen molar-refractivity contribution < 1.29 is 14.2 Å². The highest BCUT2D eigenvalue weighted by Crippen LogP contribution is 2.16. The molecule has 0 aliphatic rings. The summed E-state index contributed by atoms with van der Waals surface area (Å²) in [5, 5.41) is 9.33. The molecule has 0 aromatic heterocycles. The Balaban J connectivity index is 2.29. The quantitative estimate of drug-likeness (QED) is 0.755. The van der Waals surface area contributed by atoms with E-state index in [1.165, 1.54) is 6.07 Å². The fourth-order valence-electron chi connectivity index (χ4n) is 1.42. The predicted octanol–water partition coefficient (Wildman–Crippen LogP) is 3.06. The van der Waals surface area contributed by atoms with Crippen LogP contribution in [0.5, 0.6) is 5.75 Å². The number of benzene rings is 1. The zero-order valence-electron chi connectivity index (χ0n) is 9.87. The van der Waals surface area contributed by atoms with Crippen molar-refractivity contribution in [2.24, 2.45) is 0 Å². The molecule has 1 aromatic rings. The molecule has 0 amide bonds. The molecule has 0 aliphatic carbocycles. The molecule has 0 heterocycles. The van der Waals surface area contributed by atoms with Crippen LogP contribution in [0.2, 0.25) is 0 Å². The molecule has 0 radical (unpaired) electrons. The van der Waals surface area contributed by atoms with E-state index in [0.717, 1.165) is 19.3 Å². The molecule has 0 aliphatic heterocycles. The van der Waals surface area contributed by atoms with Gasteiger partial charge in [0, 0.05) is 0 Å². The summed E-state index contributed by atoms with van der Waals surface area (Å²) in [6, 6.07) is 4.72. The molecular weight excluding hydrogens is 207 g/mol. The standard InChI is InChI=1S/C13H19FO2/c1-3-11(15)5-4-8-16-12-6-7-13(14)10(2)9-12/h6-7,9,11,15H,3-5,8H2,1-2H3. The van der Waals surface area contributed by atoms with Crippen molar-refractivity contribution in [1.29, 1.82) is 0 Å². The maximum atomic E-state index is 13.0. The summed E-state index contributed by atoms with van der Waals surface area (Å²) in [5.41, 5.74) is 0.589. The summed E-state index contributed by atoms with van der Waals surface area (Å²) < 4.78 is 18.4. The smallest absolute Gasteiger partial charge is 0.126 e. The number of aliphatic hydroxyl groups is 1. The van der Waals surface area contributed by atoms with Crippen LogP contribution < -0.4 is 4.74 Å². The second-order valence-electron chi connectivity index (χ2n) is 3.96.